The summed E-state index contributed by atoms with van der Waals surface area (Å²) in [6.07, 6.45) is -0.852. The fourth-order valence-electron chi connectivity index (χ4n) is 3.14. The van der Waals surface area contributed by atoms with Gasteiger partial charge in [0.1, 0.15) is 0 Å². The molecule has 2 heterocycles. The van der Waals surface area contributed by atoms with Gasteiger partial charge < -0.3 is 15.0 Å². The number of carbonyl (C=O) groups is 2. The van der Waals surface area contributed by atoms with E-state index in [4.69, 9.17) is 4.74 Å². The Kier molecular flexibility index (Phi) is 4.93. The minimum absolute atomic E-state index is 0.00721. The van der Waals surface area contributed by atoms with E-state index >= 15 is 0 Å². The summed E-state index contributed by atoms with van der Waals surface area (Å²) in [5, 5.41) is 2.77. The molecule has 3 amide bonds. The van der Waals surface area contributed by atoms with Crippen LogP contribution in [0, 0.1) is 5.92 Å². The molecule has 1 saturated carbocycles. The Morgan fingerprint density at radius 1 is 1.24 bits per heavy atom. The summed E-state index contributed by atoms with van der Waals surface area (Å²) in [6, 6.07) is 4.37. The molecule has 1 aromatic carbocycles. The van der Waals surface area contributed by atoms with Crippen LogP contribution in [0.1, 0.15) is 24.0 Å². The third-order valence-corrected chi connectivity index (χ3v) is 4.95. The Bertz CT molecular complexity index is 893. The summed E-state index contributed by atoms with van der Waals surface area (Å²) in [5.74, 6) is 0.183. The number of nitrogens with zero attached hydrogens (tertiary/aromatic N) is 3. The molecule has 2 aliphatic heterocycles. The number of ether oxygens (including phenoxy) is 1. The lowest BCUT2D eigenvalue weighted by molar-refractivity contribution is -0.138. The third kappa shape index (κ3) is 4.36. The van der Waals surface area contributed by atoms with Gasteiger partial charge in [-0.15, -0.1) is 4.99 Å². The van der Waals surface area contributed by atoms with Crippen LogP contribution in [0.3, 0.4) is 0 Å². The second-order valence-corrected chi connectivity index (χ2v) is 7.20. The summed E-state index contributed by atoms with van der Waals surface area (Å²) in [6.45, 7) is 0.738. The maximum Gasteiger partial charge on any atom is 0.416 e. The Morgan fingerprint density at radius 3 is 2.72 bits per heavy atom. The number of carbonyl (C=O) groups excluding carboxylic acids is 2. The van der Waals surface area contributed by atoms with Crippen molar-refractivity contribution in [2.45, 2.75) is 25.6 Å². The number of amides is 3. The summed E-state index contributed by atoms with van der Waals surface area (Å²) >= 11 is 0. The van der Waals surface area contributed by atoms with Gasteiger partial charge in [0.05, 0.1) is 11.8 Å². The molecule has 0 unspecified atom stereocenters. The molecule has 1 aromatic rings. The molecule has 1 N–H and O–H groups in total. The molecule has 0 bridgehead atoms. The van der Waals surface area contributed by atoms with E-state index in [0.717, 1.165) is 18.9 Å². The molecule has 1 fully saturated rings. The molecule has 29 heavy (non-hydrogen) atoms. The van der Waals surface area contributed by atoms with Crippen molar-refractivity contribution in [3.63, 3.8) is 0 Å². The smallest absolute Gasteiger partial charge is 0.416 e. The first-order chi connectivity index (χ1) is 13.8. The number of amidine groups is 1. The first-order valence-corrected chi connectivity index (χ1v) is 9.28. The van der Waals surface area contributed by atoms with Crippen LogP contribution in [0.15, 0.2) is 41.2 Å². The zero-order valence-electron chi connectivity index (χ0n) is 15.4. The minimum Gasteiger partial charge on any atom is -0.418 e. The summed E-state index contributed by atoms with van der Waals surface area (Å²) in [5.41, 5.74) is -0.789. The van der Waals surface area contributed by atoms with E-state index in [1.165, 1.54) is 34.2 Å². The highest BCUT2D eigenvalue weighted by Gasteiger charge is 2.35. The minimum atomic E-state index is -4.51. The van der Waals surface area contributed by atoms with Crippen LogP contribution in [-0.2, 0) is 22.3 Å². The second-order valence-electron chi connectivity index (χ2n) is 7.20. The SMILES string of the molecule is O=C(NCC1CC1)C1=CN2CCN(Cc3ccccc3C(F)(F)F)C(=O)N=C2O1. The number of aliphatic imine (C=N–C) groups is 1. The lowest BCUT2D eigenvalue weighted by Gasteiger charge is -2.21. The monoisotopic (exact) mass is 408 g/mol. The first kappa shape index (κ1) is 19.3. The Labute approximate surface area is 164 Å². The highest BCUT2D eigenvalue weighted by Crippen LogP contribution is 2.32. The van der Waals surface area contributed by atoms with Gasteiger partial charge in [-0.05, 0) is 30.4 Å². The molecular weight excluding hydrogens is 389 g/mol. The van der Waals surface area contributed by atoms with Crippen LogP contribution in [0.25, 0.3) is 0 Å². The van der Waals surface area contributed by atoms with E-state index in [9.17, 15) is 22.8 Å². The molecule has 3 aliphatic rings. The molecule has 10 heteroatoms. The van der Waals surface area contributed by atoms with E-state index in [-0.39, 0.29) is 42.9 Å². The number of halogens is 3. The Morgan fingerprint density at radius 2 is 2.00 bits per heavy atom. The van der Waals surface area contributed by atoms with Gasteiger partial charge in [-0.3, -0.25) is 9.69 Å². The maximum atomic E-state index is 13.2. The van der Waals surface area contributed by atoms with Crippen LogP contribution in [0.4, 0.5) is 18.0 Å². The molecule has 0 radical (unpaired) electrons. The van der Waals surface area contributed by atoms with Gasteiger partial charge >= 0.3 is 18.2 Å². The van der Waals surface area contributed by atoms with Crippen LogP contribution in [0.5, 0.6) is 0 Å². The number of rotatable bonds is 5. The van der Waals surface area contributed by atoms with Crippen molar-refractivity contribution in [2.24, 2.45) is 10.9 Å². The molecule has 4 rings (SSSR count). The van der Waals surface area contributed by atoms with Crippen molar-refractivity contribution in [1.29, 1.82) is 0 Å². The van der Waals surface area contributed by atoms with Gasteiger partial charge in [-0.1, -0.05) is 18.2 Å². The topological polar surface area (TPSA) is 74.2 Å². The molecule has 0 atom stereocenters. The standard InChI is InChI=1S/C19H19F3N4O3/c20-19(21,22)14-4-2-1-3-13(14)10-25-7-8-26-11-15(29-18(26)24-17(25)28)16(27)23-9-12-5-6-12/h1-4,11-12H,5-10H2,(H,23,27). The van der Waals surface area contributed by atoms with Gasteiger partial charge in [-0.25, -0.2) is 4.79 Å². The van der Waals surface area contributed by atoms with Crippen molar-refractivity contribution < 1.29 is 27.5 Å². The first-order valence-electron chi connectivity index (χ1n) is 9.28. The summed E-state index contributed by atoms with van der Waals surface area (Å²) < 4.78 is 45.0. The van der Waals surface area contributed by atoms with E-state index in [1.807, 2.05) is 0 Å². The number of benzene rings is 1. The summed E-state index contributed by atoms with van der Waals surface area (Å²) in [7, 11) is 0. The summed E-state index contributed by atoms with van der Waals surface area (Å²) in [4.78, 5) is 31.2. The number of urea groups is 1. The highest BCUT2D eigenvalue weighted by molar-refractivity contribution is 6.00. The normalized spacial score (nSPS) is 19.2. The van der Waals surface area contributed by atoms with Gasteiger partial charge in [-0.2, -0.15) is 13.2 Å². The van der Waals surface area contributed by atoms with Crippen molar-refractivity contribution >= 4 is 18.0 Å². The predicted octanol–water partition coefficient (Wildman–Crippen LogP) is 2.70. The number of hydrogen-bond donors (Lipinski definition) is 1. The number of hydrogen-bond acceptors (Lipinski definition) is 4. The zero-order valence-corrected chi connectivity index (χ0v) is 15.4. The Balaban J connectivity index is 1.43. The van der Waals surface area contributed by atoms with Gasteiger partial charge in [0.25, 0.3) is 5.91 Å². The van der Waals surface area contributed by atoms with E-state index < -0.39 is 17.8 Å². The van der Waals surface area contributed by atoms with E-state index in [0.29, 0.717) is 12.5 Å². The fourth-order valence-corrected chi connectivity index (χ4v) is 3.14. The zero-order chi connectivity index (χ0) is 20.6. The Hall–Kier alpha value is -3.04. The second kappa shape index (κ2) is 7.41. The molecule has 0 spiro atoms. The molecule has 7 nitrogen and oxygen atoms in total. The highest BCUT2D eigenvalue weighted by atomic mass is 19.4. The molecule has 154 valence electrons. The number of fused-ring (bicyclic) bond motifs is 1. The van der Waals surface area contributed by atoms with Crippen LogP contribution < -0.4 is 5.32 Å². The molecule has 0 saturated heterocycles. The van der Waals surface area contributed by atoms with Crippen LogP contribution in [-0.4, -0.2) is 47.4 Å². The lowest BCUT2D eigenvalue weighted by Crippen LogP contribution is -2.32. The average molecular weight is 408 g/mol. The van der Waals surface area contributed by atoms with Crippen LogP contribution in [0.2, 0.25) is 0 Å². The third-order valence-electron chi connectivity index (χ3n) is 4.95. The van der Waals surface area contributed by atoms with Gasteiger partial charge in [0.2, 0.25) is 5.76 Å². The van der Waals surface area contributed by atoms with Crippen LogP contribution >= 0.6 is 0 Å². The predicted molar refractivity (Wildman–Crippen MR) is 96.3 cm³/mol. The van der Waals surface area contributed by atoms with Crippen molar-refractivity contribution in [2.75, 3.05) is 19.6 Å². The van der Waals surface area contributed by atoms with Crippen molar-refractivity contribution in [3.05, 3.63) is 47.4 Å². The lowest BCUT2D eigenvalue weighted by atomic mass is 10.1. The van der Waals surface area contributed by atoms with Crippen molar-refractivity contribution in [3.8, 4) is 0 Å². The largest absolute Gasteiger partial charge is 0.418 e. The van der Waals surface area contributed by atoms with Gasteiger partial charge in [0.15, 0.2) is 0 Å². The average Bonchev–Trinajstić information content (AvgIpc) is 3.44. The fraction of sp³-hybridized carbons (Fsp3) is 0.421. The number of nitrogens with one attached hydrogen (secondary N) is 1. The molecule has 1 aliphatic carbocycles. The maximum absolute atomic E-state index is 13.2. The quantitative estimate of drug-likeness (QED) is 0.813. The number of alkyl halides is 3. The molecule has 0 aromatic heterocycles. The van der Waals surface area contributed by atoms with Crippen molar-refractivity contribution in [1.82, 2.24) is 15.1 Å². The molecular formula is C19H19F3N4O3. The van der Waals surface area contributed by atoms with Gasteiger partial charge in [0, 0.05) is 26.2 Å². The van der Waals surface area contributed by atoms with E-state index in [1.54, 1.807) is 0 Å². The van der Waals surface area contributed by atoms with E-state index in [2.05, 4.69) is 10.3 Å².